The van der Waals surface area contributed by atoms with Crippen LogP contribution in [0.4, 0.5) is 5.69 Å². The van der Waals surface area contributed by atoms with Gasteiger partial charge in [-0.25, -0.2) is 0 Å². The van der Waals surface area contributed by atoms with Crippen molar-refractivity contribution >= 4 is 27.9 Å². The molecule has 0 aromatic heterocycles. The third-order valence-corrected chi connectivity index (χ3v) is 3.87. The highest BCUT2D eigenvalue weighted by atomic mass is 79.9. The van der Waals surface area contributed by atoms with E-state index in [9.17, 15) is 14.9 Å². The normalized spacial score (nSPS) is 20.2. The predicted molar refractivity (Wildman–Crippen MR) is 74.9 cm³/mol. The van der Waals surface area contributed by atoms with Gasteiger partial charge in [-0.05, 0) is 31.5 Å². The van der Waals surface area contributed by atoms with Gasteiger partial charge in [0.1, 0.15) is 6.29 Å². The van der Waals surface area contributed by atoms with Crippen molar-refractivity contribution in [1.29, 1.82) is 0 Å². The number of rotatable bonds is 4. The van der Waals surface area contributed by atoms with Crippen LogP contribution in [0.25, 0.3) is 0 Å². The van der Waals surface area contributed by atoms with Gasteiger partial charge in [-0.3, -0.25) is 15.0 Å². The Morgan fingerprint density at radius 1 is 1.53 bits per heavy atom. The fourth-order valence-electron chi connectivity index (χ4n) is 2.43. The molecule has 1 aliphatic heterocycles. The lowest BCUT2D eigenvalue weighted by atomic mass is 9.99. The number of nitro benzene ring substituents is 1. The first-order valence-corrected chi connectivity index (χ1v) is 7.00. The largest absolute Gasteiger partial charge is 0.303 e. The van der Waals surface area contributed by atoms with E-state index >= 15 is 0 Å². The van der Waals surface area contributed by atoms with Crippen molar-refractivity contribution in [2.24, 2.45) is 5.92 Å². The van der Waals surface area contributed by atoms with E-state index in [1.807, 2.05) is 6.07 Å². The predicted octanol–water partition coefficient (Wildman–Crippen LogP) is 2.77. The van der Waals surface area contributed by atoms with Gasteiger partial charge in [0.15, 0.2) is 0 Å². The van der Waals surface area contributed by atoms with Gasteiger partial charge in [0.25, 0.3) is 5.69 Å². The van der Waals surface area contributed by atoms with Gasteiger partial charge in [0.05, 0.1) is 4.92 Å². The standard InChI is InChI=1S/C13H15BrN2O3/c14-12-4-3-11(13(6-12)16(18)19)8-15-5-1-2-10(7-15)9-17/h3-4,6,9-10H,1-2,5,7-8H2. The maximum atomic E-state index is 11.0. The molecule has 1 aromatic rings. The minimum Gasteiger partial charge on any atom is -0.303 e. The highest BCUT2D eigenvalue weighted by molar-refractivity contribution is 9.10. The second-order valence-corrected chi connectivity index (χ2v) is 5.72. The second-order valence-electron chi connectivity index (χ2n) is 4.80. The van der Waals surface area contributed by atoms with Crippen molar-refractivity contribution in [2.75, 3.05) is 13.1 Å². The first-order valence-electron chi connectivity index (χ1n) is 6.20. The number of hydrogen-bond acceptors (Lipinski definition) is 4. The van der Waals surface area contributed by atoms with Crippen LogP contribution in [0, 0.1) is 16.0 Å². The van der Waals surface area contributed by atoms with Crippen LogP contribution >= 0.6 is 15.9 Å². The summed E-state index contributed by atoms with van der Waals surface area (Å²) in [6, 6.07) is 5.10. The van der Waals surface area contributed by atoms with E-state index in [4.69, 9.17) is 0 Å². The topological polar surface area (TPSA) is 63.5 Å². The Hall–Kier alpha value is -1.27. The molecule has 0 amide bonds. The zero-order chi connectivity index (χ0) is 13.8. The molecular weight excluding hydrogens is 312 g/mol. The molecule has 0 spiro atoms. The van der Waals surface area contributed by atoms with E-state index in [0.29, 0.717) is 23.1 Å². The van der Waals surface area contributed by atoms with Crippen LogP contribution in [0.5, 0.6) is 0 Å². The molecule has 0 radical (unpaired) electrons. The van der Waals surface area contributed by atoms with Gasteiger partial charge in [0, 0.05) is 35.1 Å². The maximum Gasteiger partial charge on any atom is 0.275 e. The van der Waals surface area contributed by atoms with Crippen molar-refractivity contribution < 1.29 is 9.72 Å². The lowest BCUT2D eigenvalue weighted by Crippen LogP contribution is -2.35. The lowest BCUT2D eigenvalue weighted by Gasteiger charge is -2.29. The van der Waals surface area contributed by atoms with Crippen LogP contribution in [0.15, 0.2) is 22.7 Å². The highest BCUT2D eigenvalue weighted by Crippen LogP contribution is 2.26. The molecule has 102 valence electrons. The van der Waals surface area contributed by atoms with E-state index in [1.54, 1.807) is 6.07 Å². The molecule has 1 aliphatic rings. The van der Waals surface area contributed by atoms with Gasteiger partial charge in [-0.2, -0.15) is 0 Å². The maximum absolute atomic E-state index is 11.0. The molecule has 2 rings (SSSR count). The number of hydrogen-bond donors (Lipinski definition) is 0. The summed E-state index contributed by atoms with van der Waals surface area (Å²) in [6.45, 7) is 2.10. The van der Waals surface area contributed by atoms with Gasteiger partial charge in [0.2, 0.25) is 0 Å². The number of benzene rings is 1. The highest BCUT2D eigenvalue weighted by Gasteiger charge is 2.22. The molecular formula is C13H15BrN2O3. The third kappa shape index (κ3) is 3.61. The Morgan fingerprint density at radius 2 is 2.32 bits per heavy atom. The SMILES string of the molecule is O=CC1CCCN(Cc2ccc(Br)cc2[N+](=O)[O-])C1. The summed E-state index contributed by atoms with van der Waals surface area (Å²) >= 11 is 3.25. The van der Waals surface area contributed by atoms with Gasteiger partial charge >= 0.3 is 0 Å². The van der Waals surface area contributed by atoms with Crippen LogP contribution in [-0.2, 0) is 11.3 Å². The molecule has 0 saturated carbocycles. The average Bonchev–Trinajstić information content (AvgIpc) is 2.41. The molecule has 0 aliphatic carbocycles. The molecule has 1 atom stereocenters. The molecule has 0 N–H and O–H groups in total. The first-order chi connectivity index (χ1) is 9.10. The zero-order valence-corrected chi connectivity index (χ0v) is 12.0. The van der Waals surface area contributed by atoms with Crippen molar-refractivity contribution in [1.82, 2.24) is 4.90 Å². The number of carbonyl (C=O) groups excluding carboxylic acids is 1. The Morgan fingerprint density at radius 3 is 3.00 bits per heavy atom. The summed E-state index contributed by atoms with van der Waals surface area (Å²) in [7, 11) is 0. The molecule has 0 bridgehead atoms. The summed E-state index contributed by atoms with van der Waals surface area (Å²) < 4.78 is 0.701. The fourth-order valence-corrected chi connectivity index (χ4v) is 2.78. The van der Waals surface area contributed by atoms with Gasteiger partial charge in [-0.1, -0.05) is 15.9 Å². The number of aldehydes is 1. The van der Waals surface area contributed by atoms with Crippen molar-refractivity contribution in [3.63, 3.8) is 0 Å². The molecule has 1 fully saturated rings. The van der Waals surface area contributed by atoms with Crippen LogP contribution < -0.4 is 0 Å². The van der Waals surface area contributed by atoms with Gasteiger partial charge < -0.3 is 4.79 Å². The first kappa shape index (κ1) is 14.1. The smallest absolute Gasteiger partial charge is 0.275 e. The quantitative estimate of drug-likeness (QED) is 0.485. The zero-order valence-electron chi connectivity index (χ0n) is 10.4. The Balaban J connectivity index is 2.14. The van der Waals surface area contributed by atoms with E-state index in [2.05, 4.69) is 20.8 Å². The van der Waals surface area contributed by atoms with E-state index in [1.165, 1.54) is 6.07 Å². The molecule has 6 heteroatoms. The summed E-state index contributed by atoms with van der Waals surface area (Å²) in [5, 5.41) is 11.0. The van der Waals surface area contributed by atoms with Crippen molar-refractivity contribution in [3.8, 4) is 0 Å². The summed E-state index contributed by atoms with van der Waals surface area (Å²) in [5.74, 6) is 0.0586. The number of carbonyl (C=O) groups is 1. The number of piperidine rings is 1. The summed E-state index contributed by atoms with van der Waals surface area (Å²) in [5.41, 5.74) is 0.822. The van der Waals surface area contributed by atoms with E-state index < -0.39 is 0 Å². The number of nitro groups is 1. The lowest BCUT2D eigenvalue weighted by molar-refractivity contribution is -0.385. The van der Waals surface area contributed by atoms with Crippen LogP contribution in [0.1, 0.15) is 18.4 Å². The Kier molecular flexibility index (Phi) is 4.66. The van der Waals surface area contributed by atoms with Crippen LogP contribution in [0.2, 0.25) is 0 Å². The Bertz CT molecular complexity index is 493. The second kappa shape index (κ2) is 6.25. The number of halogens is 1. The number of nitrogens with zero attached hydrogens (tertiary/aromatic N) is 2. The summed E-state index contributed by atoms with van der Waals surface area (Å²) in [4.78, 5) is 23.6. The molecule has 1 aromatic carbocycles. The van der Waals surface area contributed by atoms with Crippen LogP contribution in [0.3, 0.4) is 0 Å². The Labute approximate surface area is 119 Å². The molecule has 1 saturated heterocycles. The molecule has 1 unspecified atom stereocenters. The van der Waals surface area contributed by atoms with Gasteiger partial charge in [-0.15, -0.1) is 0 Å². The number of likely N-dealkylation sites (tertiary alicyclic amines) is 1. The minimum absolute atomic E-state index is 0.0586. The molecule has 5 nitrogen and oxygen atoms in total. The minimum atomic E-state index is -0.360. The van der Waals surface area contributed by atoms with Crippen molar-refractivity contribution in [2.45, 2.75) is 19.4 Å². The van der Waals surface area contributed by atoms with E-state index in [0.717, 1.165) is 25.7 Å². The average molecular weight is 327 g/mol. The molecule has 19 heavy (non-hydrogen) atoms. The van der Waals surface area contributed by atoms with E-state index in [-0.39, 0.29) is 16.5 Å². The third-order valence-electron chi connectivity index (χ3n) is 3.37. The summed E-state index contributed by atoms with van der Waals surface area (Å²) in [6.07, 6.45) is 2.87. The fraction of sp³-hybridized carbons (Fsp3) is 0.462. The monoisotopic (exact) mass is 326 g/mol. The van der Waals surface area contributed by atoms with Crippen molar-refractivity contribution in [3.05, 3.63) is 38.3 Å². The molecule has 1 heterocycles. The van der Waals surface area contributed by atoms with Crippen LogP contribution in [-0.4, -0.2) is 29.2 Å².